The molecule has 0 aliphatic heterocycles. The van der Waals surface area contributed by atoms with E-state index in [0.29, 0.717) is 0 Å². The Hall–Kier alpha value is -0.740. The maximum Gasteiger partial charge on any atom is 0.127 e. The van der Waals surface area contributed by atoms with Crippen LogP contribution < -0.4 is 4.74 Å². The Kier molecular flexibility index (Phi) is 10.4. The molecule has 1 nitrogen and oxygen atoms in total. The Bertz CT molecular complexity index is 554. The second-order valence-corrected chi connectivity index (χ2v) is 6.06. The average molecular weight is 445 g/mol. The van der Waals surface area contributed by atoms with Gasteiger partial charge in [0.05, 0.1) is 6.61 Å². The zero-order valence-electron chi connectivity index (χ0n) is 13.8. The number of unbranched alkanes of at least 4 members (excludes halogenated alkanes) is 5. The van der Waals surface area contributed by atoms with Crippen LogP contribution in [0.1, 0.15) is 45.4 Å². The van der Waals surface area contributed by atoms with E-state index in [0.717, 1.165) is 34.9 Å². The molecule has 0 heterocycles. The SMILES string of the molecule is CCCCCCCCOc1ccccc1-c1ccc(Cl)cc1.I. The third kappa shape index (κ3) is 7.13. The average Bonchev–Trinajstić information content (AvgIpc) is 2.55. The largest absolute Gasteiger partial charge is 0.493 e. The lowest BCUT2D eigenvalue weighted by Crippen LogP contribution is -1.98. The molecule has 2 rings (SSSR count). The molecule has 0 amide bonds. The number of ether oxygens (including phenoxy) is 1. The summed E-state index contributed by atoms with van der Waals surface area (Å²) in [5.41, 5.74) is 2.27. The van der Waals surface area contributed by atoms with E-state index in [2.05, 4.69) is 13.0 Å². The number of halogens is 2. The van der Waals surface area contributed by atoms with Gasteiger partial charge in [0.25, 0.3) is 0 Å². The predicted octanol–water partition coefficient (Wildman–Crippen LogP) is 7.36. The first-order valence-corrected chi connectivity index (χ1v) is 8.67. The third-order valence-corrected chi connectivity index (χ3v) is 4.05. The first kappa shape index (κ1) is 20.3. The lowest BCUT2D eigenvalue weighted by Gasteiger charge is -2.11. The zero-order valence-corrected chi connectivity index (χ0v) is 16.8. The fourth-order valence-electron chi connectivity index (χ4n) is 2.52. The number of hydrogen-bond donors (Lipinski definition) is 0. The van der Waals surface area contributed by atoms with Crippen molar-refractivity contribution >= 4 is 35.6 Å². The van der Waals surface area contributed by atoms with Crippen molar-refractivity contribution in [2.24, 2.45) is 0 Å². The quantitative estimate of drug-likeness (QED) is 0.290. The van der Waals surface area contributed by atoms with Crippen LogP contribution >= 0.6 is 35.6 Å². The van der Waals surface area contributed by atoms with Crippen molar-refractivity contribution < 1.29 is 4.74 Å². The fourth-order valence-corrected chi connectivity index (χ4v) is 2.65. The van der Waals surface area contributed by atoms with E-state index in [1.165, 1.54) is 32.1 Å². The Morgan fingerprint density at radius 3 is 2.22 bits per heavy atom. The lowest BCUT2D eigenvalue weighted by molar-refractivity contribution is 0.305. The Morgan fingerprint density at radius 2 is 1.48 bits per heavy atom. The van der Waals surface area contributed by atoms with Crippen molar-refractivity contribution in [3.63, 3.8) is 0 Å². The molecule has 0 aromatic heterocycles. The maximum atomic E-state index is 6.00. The maximum absolute atomic E-state index is 6.00. The van der Waals surface area contributed by atoms with Crippen LogP contribution in [-0.2, 0) is 0 Å². The molecule has 0 saturated heterocycles. The van der Waals surface area contributed by atoms with Crippen molar-refractivity contribution in [1.29, 1.82) is 0 Å². The Labute approximate surface area is 162 Å². The molecule has 2 aromatic carbocycles. The van der Waals surface area contributed by atoms with Crippen molar-refractivity contribution in [3.05, 3.63) is 53.6 Å². The molecule has 3 heteroatoms. The summed E-state index contributed by atoms with van der Waals surface area (Å²) in [5, 5.41) is 0.759. The highest BCUT2D eigenvalue weighted by atomic mass is 127. The molecule has 0 unspecified atom stereocenters. The minimum atomic E-state index is 0. The van der Waals surface area contributed by atoms with Crippen LogP contribution in [0.15, 0.2) is 48.5 Å². The van der Waals surface area contributed by atoms with E-state index in [-0.39, 0.29) is 24.0 Å². The molecular formula is C20H26ClIO. The Morgan fingerprint density at radius 1 is 0.826 bits per heavy atom. The highest BCUT2D eigenvalue weighted by Gasteiger charge is 2.05. The van der Waals surface area contributed by atoms with Gasteiger partial charge in [0.15, 0.2) is 0 Å². The molecule has 0 bridgehead atoms. The van der Waals surface area contributed by atoms with Gasteiger partial charge in [-0.05, 0) is 30.2 Å². The van der Waals surface area contributed by atoms with E-state index in [4.69, 9.17) is 16.3 Å². The first-order chi connectivity index (χ1) is 10.8. The van der Waals surface area contributed by atoms with Crippen molar-refractivity contribution in [2.45, 2.75) is 45.4 Å². The molecule has 2 aromatic rings. The second kappa shape index (κ2) is 11.7. The van der Waals surface area contributed by atoms with Crippen LogP contribution in [0.2, 0.25) is 5.02 Å². The van der Waals surface area contributed by atoms with Gasteiger partial charge in [-0.15, -0.1) is 24.0 Å². The summed E-state index contributed by atoms with van der Waals surface area (Å²) in [6.07, 6.45) is 7.68. The number of rotatable bonds is 9. The molecule has 0 radical (unpaired) electrons. The fraction of sp³-hybridized carbons (Fsp3) is 0.400. The van der Waals surface area contributed by atoms with Crippen LogP contribution in [-0.4, -0.2) is 6.61 Å². The van der Waals surface area contributed by atoms with Gasteiger partial charge in [-0.2, -0.15) is 0 Å². The summed E-state index contributed by atoms with van der Waals surface area (Å²) in [6, 6.07) is 16.1. The summed E-state index contributed by atoms with van der Waals surface area (Å²) in [7, 11) is 0. The third-order valence-electron chi connectivity index (χ3n) is 3.80. The van der Waals surface area contributed by atoms with Crippen molar-refractivity contribution in [1.82, 2.24) is 0 Å². The second-order valence-electron chi connectivity index (χ2n) is 5.62. The summed E-state index contributed by atoms with van der Waals surface area (Å²) in [5.74, 6) is 0.957. The molecule has 126 valence electrons. The van der Waals surface area contributed by atoms with Gasteiger partial charge < -0.3 is 4.74 Å². The predicted molar refractivity (Wildman–Crippen MR) is 111 cm³/mol. The number of para-hydroxylation sites is 1. The standard InChI is InChI=1S/C20H25ClO.HI/c1-2-3-4-5-6-9-16-22-20-11-8-7-10-19(20)17-12-14-18(21)15-13-17;/h7-8,10-15H,2-6,9,16H2,1H3;1H. The lowest BCUT2D eigenvalue weighted by atomic mass is 10.0. The van der Waals surface area contributed by atoms with Crippen LogP contribution in [0.4, 0.5) is 0 Å². The zero-order chi connectivity index (χ0) is 15.6. The molecule has 0 spiro atoms. The molecule has 0 N–H and O–H groups in total. The highest BCUT2D eigenvalue weighted by molar-refractivity contribution is 14.0. The van der Waals surface area contributed by atoms with E-state index in [9.17, 15) is 0 Å². The van der Waals surface area contributed by atoms with E-state index in [1.54, 1.807) is 0 Å². The summed E-state index contributed by atoms with van der Waals surface area (Å²) in [6.45, 7) is 3.04. The first-order valence-electron chi connectivity index (χ1n) is 8.29. The molecular weight excluding hydrogens is 419 g/mol. The minimum absolute atomic E-state index is 0. The van der Waals surface area contributed by atoms with Gasteiger partial charge >= 0.3 is 0 Å². The van der Waals surface area contributed by atoms with Crippen molar-refractivity contribution in [3.8, 4) is 16.9 Å². The van der Waals surface area contributed by atoms with E-state index in [1.807, 2.05) is 42.5 Å². The van der Waals surface area contributed by atoms with Gasteiger partial charge in [0.2, 0.25) is 0 Å². The van der Waals surface area contributed by atoms with Gasteiger partial charge in [-0.25, -0.2) is 0 Å². The van der Waals surface area contributed by atoms with Gasteiger partial charge in [-0.1, -0.05) is 81.0 Å². The smallest absolute Gasteiger partial charge is 0.127 e. The highest BCUT2D eigenvalue weighted by Crippen LogP contribution is 2.30. The number of hydrogen-bond acceptors (Lipinski definition) is 1. The molecule has 0 aliphatic rings. The monoisotopic (exact) mass is 444 g/mol. The van der Waals surface area contributed by atoms with Crippen LogP contribution in [0, 0.1) is 0 Å². The normalized spacial score (nSPS) is 10.2. The van der Waals surface area contributed by atoms with Crippen LogP contribution in [0.5, 0.6) is 5.75 Å². The van der Waals surface area contributed by atoms with Gasteiger partial charge in [0.1, 0.15) is 5.75 Å². The van der Waals surface area contributed by atoms with E-state index >= 15 is 0 Å². The molecule has 23 heavy (non-hydrogen) atoms. The topological polar surface area (TPSA) is 9.23 Å². The summed E-state index contributed by atoms with van der Waals surface area (Å²) in [4.78, 5) is 0. The van der Waals surface area contributed by atoms with Crippen molar-refractivity contribution in [2.75, 3.05) is 6.61 Å². The molecule has 0 aliphatic carbocycles. The number of benzene rings is 2. The van der Waals surface area contributed by atoms with Crippen LogP contribution in [0.25, 0.3) is 11.1 Å². The van der Waals surface area contributed by atoms with Crippen LogP contribution in [0.3, 0.4) is 0 Å². The van der Waals surface area contributed by atoms with Gasteiger partial charge in [0, 0.05) is 10.6 Å². The van der Waals surface area contributed by atoms with E-state index < -0.39 is 0 Å². The molecule has 0 saturated carbocycles. The Balaban J connectivity index is 0.00000264. The summed E-state index contributed by atoms with van der Waals surface area (Å²) < 4.78 is 6.00. The summed E-state index contributed by atoms with van der Waals surface area (Å²) >= 11 is 5.96. The van der Waals surface area contributed by atoms with Gasteiger partial charge in [-0.3, -0.25) is 0 Å². The minimum Gasteiger partial charge on any atom is -0.493 e. The molecule has 0 atom stereocenters. The molecule has 0 fully saturated rings.